The fourth-order valence-electron chi connectivity index (χ4n) is 3.27. The highest BCUT2D eigenvalue weighted by molar-refractivity contribution is 7.17. The summed E-state index contributed by atoms with van der Waals surface area (Å²) in [7, 11) is 2.52. The molecule has 0 aliphatic heterocycles. The smallest absolute Gasteiger partial charge is 0.341 e. The average molecular weight is 410 g/mol. The number of esters is 2. The minimum absolute atomic E-state index is 0.106. The molecule has 8 heteroatoms. The van der Waals surface area contributed by atoms with Gasteiger partial charge >= 0.3 is 11.9 Å². The van der Waals surface area contributed by atoms with E-state index in [1.807, 2.05) is 12.1 Å². The van der Waals surface area contributed by atoms with Crippen LogP contribution >= 0.6 is 11.3 Å². The fourth-order valence-corrected chi connectivity index (χ4v) is 4.53. The molecule has 1 aliphatic carbocycles. The summed E-state index contributed by atoms with van der Waals surface area (Å²) in [4.78, 5) is 38.0. The van der Waals surface area contributed by atoms with Crippen LogP contribution in [-0.4, -0.2) is 32.1 Å². The zero-order valence-corrected chi connectivity index (χ0v) is 16.7. The van der Waals surface area contributed by atoms with E-state index >= 15 is 0 Å². The SMILES string of the molecule is COC(=O)c1c(NC(=O)/C(C#N)=C/c2ccccc2)sc2c1[C@H](C(=O)OC)CC2. The summed E-state index contributed by atoms with van der Waals surface area (Å²) < 4.78 is 9.72. The van der Waals surface area contributed by atoms with Crippen LogP contribution in [0.1, 0.15) is 38.7 Å². The molecule has 29 heavy (non-hydrogen) atoms. The van der Waals surface area contributed by atoms with E-state index in [0.717, 1.165) is 4.88 Å². The summed E-state index contributed by atoms with van der Waals surface area (Å²) in [5.74, 6) is -2.32. The number of ether oxygens (including phenoxy) is 2. The van der Waals surface area contributed by atoms with Gasteiger partial charge in [-0.05, 0) is 30.0 Å². The standard InChI is InChI=1S/C21H18N2O5S/c1-27-20(25)14-8-9-15-16(14)17(21(26)28-2)19(29-15)23-18(24)13(11-22)10-12-6-4-3-5-7-12/h3-7,10,14H,8-9H2,1-2H3,(H,23,24)/b13-10+/t14-/m1/s1. The average Bonchev–Trinajstić information content (AvgIpc) is 3.30. The van der Waals surface area contributed by atoms with Crippen LogP contribution in [0, 0.1) is 11.3 Å². The number of hydrogen-bond donors (Lipinski definition) is 1. The third-order valence-corrected chi connectivity index (χ3v) is 5.79. The maximum atomic E-state index is 12.7. The first-order chi connectivity index (χ1) is 14.0. The van der Waals surface area contributed by atoms with Gasteiger partial charge in [0.25, 0.3) is 5.91 Å². The molecular formula is C21H18N2O5S. The second kappa shape index (κ2) is 8.71. The van der Waals surface area contributed by atoms with Crippen molar-refractivity contribution in [2.45, 2.75) is 18.8 Å². The Morgan fingerprint density at radius 2 is 1.93 bits per heavy atom. The number of anilines is 1. The van der Waals surface area contributed by atoms with Gasteiger partial charge in [-0.1, -0.05) is 30.3 Å². The summed E-state index contributed by atoms with van der Waals surface area (Å²) in [6.07, 6.45) is 2.58. The summed E-state index contributed by atoms with van der Waals surface area (Å²) in [5, 5.41) is 12.3. The first-order valence-corrected chi connectivity index (χ1v) is 9.61. The van der Waals surface area contributed by atoms with Crippen molar-refractivity contribution < 1.29 is 23.9 Å². The quantitative estimate of drug-likeness (QED) is 0.461. The van der Waals surface area contributed by atoms with E-state index in [0.29, 0.717) is 24.0 Å². The lowest BCUT2D eigenvalue weighted by atomic mass is 9.99. The van der Waals surface area contributed by atoms with Crippen LogP contribution in [0.25, 0.3) is 6.08 Å². The number of carbonyl (C=O) groups is 3. The Kier molecular flexibility index (Phi) is 6.10. The number of amides is 1. The van der Waals surface area contributed by atoms with Crippen LogP contribution in [0.3, 0.4) is 0 Å². The van der Waals surface area contributed by atoms with Crippen molar-refractivity contribution in [3.63, 3.8) is 0 Å². The molecule has 1 amide bonds. The Balaban J connectivity index is 1.96. The number of nitrogens with one attached hydrogen (secondary N) is 1. The summed E-state index contributed by atoms with van der Waals surface area (Å²) in [6.45, 7) is 0. The Bertz CT molecular complexity index is 1030. The third-order valence-electron chi connectivity index (χ3n) is 4.61. The molecule has 0 bridgehead atoms. The molecule has 0 fully saturated rings. The van der Waals surface area contributed by atoms with Gasteiger partial charge in [-0.3, -0.25) is 9.59 Å². The summed E-state index contributed by atoms with van der Waals surface area (Å²) in [5.41, 5.74) is 1.28. The predicted molar refractivity (Wildman–Crippen MR) is 107 cm³/mol. The van der Waals surface area contributed by atoms with E-state index in [9.17, 15) is 19.6 Å². The molecule has 1 heterocycles. The number of benzene rings is 1. The van der Waals surface area contributed by atoms with E-state index in [-0.39, 0.29) is 16.1 Å². The molecule has 148 valence electrons. The lowest BCUT2D eigenvalue weighted by molar-refractivity contribution is -0.142. The number of fused-ring (bicyclic) bond motifs is 1. The first kappa shape index (κ1) is 20.3. The number of hydrogen-bond acceptors (Lipinski definition) is 7. The van der Waals surface area contributed by atoms with Crippen molar-refractivity contribution >= 4 is 40.3 Å². The van der Waals surface area contributed by atoms with Crippen molar-refractivity contribution in [3.8, 4) is 6.07 Å². The number of nitrogens with zero attached hydrogens (tertiary/aromatic N) is 1. The molecule has 0 radical (unpaired) electrons. The molecule has 0 spiro atoms. The zero-order chi connectivity index (χ0) is 21.0. The lowest BCUT2D eigenvalue weighted by Crippen LogP contribution is -2.18. The summed E-state index contributed by atoms with van der Waals surface area (Å²) >= 11 is 1.21. The summed E-state index contributed by atoms with van der Waals surface area (Å²) in [6, 6.07) is 10.8. The normalized spacial score (nSPS) is 15.2. The zero-order valence-electron chi connectivity index (χ0n) is 15.9. The number of thiophene rings is 1. The minimum Gasteiger partial charge on any atom is -0.469 e. The van der Waals surface area contributed by atoms with E-state index in [1.54, 1.807) is 24.3 Å². The molecule has 1 aromatic carbocycles. The van der Waals surface area contributed by atoms with Crippen LogP contribution in [0.4, 0.5) is 5.00 Å². The van der Waals surface area contributed by atoms with E-state index in [1.165, 1.54) is 31.6 Å². The van der Waals surface area contributed by atoms with Crippen LogP contribution in [0.15, 0.2) is 35.9 Å². The van der Waals surface area contributed by atoms with Crippen LogP contribution in [-0.2, 0) is 25.5 Å². The molecule has 0 unspecified atom stereocenters. The van der Waals surface area contributed by atoms with Gasteiger partial charge in [0.2, 0.25) is 0 Å². The molecule has 1 aliphatic rings. The number of carbonyl (C=O) groups excluding carboxylic acids is 3. The highest BCUT2D eigenvalue weighted by atomic mass is 32.1. The van der Waals surface area contributed by atoms with E-state index < -0.39 is 23.8 Å². The number of methoxy groups -OCH3 is 2. The second-order valence-electron chi connectivity index (χ2n) is 6.28. The molecule has 1 atom stereocenters. The van der Waals surface area contributed by atoms with Crippen molar-refractivity contribution in [1.82, 2.24) is 0 Å². The van der Waals surface area contributed by atoms with Gasteiger partial charge in [0.1, 0.15) is 16.6 Å². The van der Waals surface area contributed by atoms with Gasteiger partial charge in [-0.15, -0.1) is 11.3 Å². The maximum absolute atomic E-state index is 12.7. The van der Waals surface area contributed by atoms with Crippen molar-refractivity contribution in [1.29, 1.82) is 5.26 Å². The third kappa shape index (κ3) is 4.05. The van der Waals surface area contributed by atoms with Crippen molar-refractivity contribution in [3.05, 3.63) is 57.5 Å². The molecule has 1 N–H and O–H groups in total. The van der Waals surface area contributed by atoms with Crippen LogP contribution in [0.2, 0.25) is 0 Å². The predicted octanol–water partition coefficient (Wildman–Crippen LogP) is 3.28. The van der Waals surface area contributed by atoms with Gasteiger partial charge in [0.15, 0.2) is 0 Å². The topological polar surface area (TPSA) is 105 Å². The van der Waals surface area contributed by atoms with Gasteiger partial charge < -0.3 is 14.8 Å². The molecule has 3 rings (SSSR count). The fraction of sp³-hybridized carbons (Fsp3) is 0.238. The number of nitriles is 1. The van der Waals surface area contributed by atoms with E-state index in [2.05, 4.69) is 5.32 Å². The Morgan fingerprint density at radius 3 is 2.55 bits per heavy atom. The van der Waals surface area contributed by atoms with Gasteiger partial charge in [-0.2, -0.15) is 5.26 Å². The Labute approximate surface area is 171 Å². The molecule has 7 nitrogen and oxygen atoms in total. The Morgan fingerprint density at radius 1 is 1.21 bits per heavy atom. The van der Waals surface area contributed by atoms with Crippen LogP contribution in [0.5, 0.6) is 0 Å². The van der Waals surface area contributed by atoms with Crippen LogP contribution < -0.4 is 5.32 Å². The molecule has 0 saturated carbocycles. The van der Waals surface area contributed by atoms with Gasteiger partial charge in [0, 0.05) is 4.88 Å². The Hall–Kier alpha value is -3.44. The first-order valence-electron chi connectivity index (χ1n) is 8.80. The number of aryl methyl sites for hydroxylation is 1. The van der Waals surface area contributed by atoms with Crippen molar-refractivity contribution in [2.24, 2.45) is 0 Å². The van der Waals surface area contributed by atoms with E-state index in [4.69, 9.17) is 9.47 Å². The lowest BCUT2D eigenvalue weighted by Gasteiger charge is -2.11. The highest BCUT2D eigenvalue weighted by Gasteiger charge is 2.38. The second-order valence-corrected chi connectivity index (χ2v) is 7.39. The maximum Gasteiger partial charge on any atom is 0.341 e. The largest absolute Gasteiger partial charge is 0.469 e. The molecule has 0 saturated heterocycles. The highest BCUT2D eigenvalue weighted by Crippen LogP contribution is 2.46. The van der Waals surface area contributed by atoms with Gasteiger partial charge in [0.05, 0.1) is 25.7 Å². The molecule has 1 aromatic heterocycles. The minimum atomic E-state index is -0.654. The van der Waals surface area contributed by atoms with Crippen molar-refractivity contribution in [2.75, 3.05) is 19.5 Å². The monoisotopic (exact) mass is 410 g/mol. The molecular weight excluding hydrogens is 392 g/mol. The van der Waals surface area contributed by atoms with Gasteiger partial charge in [-0.25, -0.2) is 4.79 Å². The molecule has 2 aromatic rings. The number of rotatable bonds is 5.